The van der Waals surface area contributed by atoms with Gasteiger partial charge in [0.1, 0.15) is 84.5 Å². The van der Waals surface area contributed by atoms with E-state index in [2.05, 4.69) is 57.8 Å². The van der Waals surface area contributed by atoms with E-state index in [-0.39, 0.29) is 100 Å². The number of piperidine rings is 1. The van der Waals surface area contributed by atoms with Crippen LogP contribution in [0.1, 0.15) is 164 Å². The van der Waals surface area contributed by atoms with Gasteiger partial charge in [-0.25, -0.2) is 4.79 Å². The van der Waals surface area contributed by atoms with Crippen molar-refractivity contribution in [3.63, 3.8) is 0 Å². The maximum Gasteiger partial charge on any atom is 0.329 e. The van der Waals surface area contributed by atoms with E-state index in [9.17, 15) is 68.7 Å². The number of fused-ring (bicyclic) bond motifs is 1. The number of ether oxygens (including phenoxy) is 2. The molecule has 0 bridgehead atoms. The van der Waals surface area contributed by atoms with Crippen molar-refractivity contribution in [3.05, 3.63) is 29.8 Å². The molecule has 3 rings (SSSR count). The number of carbonyl (C=O) groups is 16. The lowest BCUT2D eigenvalue weighted by Crippen LogP contribution is -2.65. The van der Waals surface area contributed by atoms with Crippen molar-refractivity contribution in [3.8, 4) is 5.75 Å². The molecule has 662 valence electrons. The largest absolute Gasteiger partial charge is 0.508 e. The number of carbonyl (C=O) groups excluding carboxylic acids is 16. The fraction of sp³-hybridized carbons (Fsp3) is 0.676. The van der Waals surface area contributed by atoms with Crippen LogP contribution in [-0.4, -0.2) is 273 Å². The van der Waals surface area contributed by atoms with Gasteiger partial charge in [-0.2, -0.15) is 0 Å². The van der Waals surface area contributed by atoms with E-state index in [1.165, 1.54) is 45.0 Å². The van der Waals surface area contributed by atoms with Crippen LogP contribution in [0.5, 0.6) is 5.75 Å². The number of phenols is 1. The molecule has 44 heteroatoms. The van der Waals surface area contributed by atoms with Crippen LogP contribution in [-0.2, 0) is 86.2 Å². The SMILES string of the molecule is CO[C@H](c1ccc(O)cc1)C1NC(=O)C(CCC(N)=O)N(C)C(=O)[C@H](CC(C)C)NC(=O)[C@@H](CCCN=C(N)N)NC(=O)[C@@H](C(C)O)NC(=O)C(NC(=O)C(NC(=O)[C@H](O)C(O)[C@H](CCCN=C(N)N)NC(=O)C(CC(N)=O)NC(=O)C(C)C(O)CCC(C)C)C(C)[C@@H](C)C(N)=O)C(C)OC(=O)C2CCCCN2C(=O)[C@@H](CC(N)=O)NC1=O. The van der Waals surface area contributed by atoms with Gasteiger partial charge in [-0.05, 0) is 120 Å². The van der Waals surface area contributed by atoms with E-state index >= 15 is 33.6 Å². The van der Waals surface area contributed by atoms with Gasteiger partial charge in [-0.1, -0.05) is 60.6 Å². The van der Waals surface area contributed by atoms with Crippen molar-refractivity contribution in [1.29, 1.82) is 0 Å². The van der Waals surface area contributed by atoms with Gasteiger partial charge in [0.2, 0.25) is 82.7 Å². The van der Waals surface area contributed by atoms with Crippen molar-refractivity contribution in [1.82, 2.24) is 57.7 Å². The van der Waals surface area contributed by atoms with Crippen LogP contribution in [0.3, 0.4) is 0 Å². The molecule has 2 fully saturated rings. The first-order valence-corrected chi connectivity index (χ1v) is 38.9. The molecule has 30 N–H and O–H groups in total. The number of hydrogen-bond donors (Lipinski definition) is 22. The number of benzene rings is 1. The van der Waals surface area contributed by atoms with Crippen LogP contribution < -0.4 is 93.7 Å². The highest BCUT2D eigenvalue weighted by Gasteiger charge is 2.47. The minimum atomic E-state index is -2.70. The molecule has 2 aliphatic heterocycles. The second kappa shape index (κ2) is 48.6. The number of aliphatic hydroxyl groups is 4. The molecule has 2 heterocycles. The predicted molar refractivity (Wildman–Crippen MR) is 422 cm³/mol. The van der Waals surface area contributed by atoms with Gasteiger partial charge in [0.05, 0.1) is 37.0 Å². The highest BCUT2D eigenvalue weighted by atomic mass is 16.5. The van der Waals surface area contributed by atoms with Crippen molar-refractivity contribution in [2.75, 3.05) is 33.8 Å². The van der Waals surface area contributed by atoms with Gasteiger partial charge in [0.25, 0.3) is 5.91 Å². The number of rotatable bonds is 38. The lowest BCUT2D eigenvalue weighted by Gasteiger charge is -2.38. The number of aliphatic hydroxyl groups excluding tert-OH is 4. The van der Waals surface area contributed by atoms with Gasteiger partial charge in [0.15, 0.2) is 18.0 Å². The number of nitrogens with one attached hydrogen (secondary N) is 9. The van der Waals surface area contributed by atoms with E-state index in [0.717, 1.165) is 37.8 Å². The van der Waals surface area contributed by atoms with Gasteiger partial charge in [-0.15, -0.1) is 0 Å². The van der Waals surface area contributed by atoms with Crippen molar-refractivity contribution >= 4 is 106 Å². The van der Waals surface area contributed by atoms with Crippen LogP contribution in [0.4, 0.5) is 0 Å². The maximum absolute atomic E-state index is 15.3. The van der Waals surface area contributed by atoms with Crippen LogP contribution in [0.25, 0.3) is 0 Å². The van der Waals surface area contributed by atoms with E-state index < -0.39 is 253 Å². The summed E-state index contributed by atoms with van der Waals surface area (Å²) >= 11 is 0. The molecule has 20 atom stereocenters. The Balaban J connectivity index is 2.43. The zero-order chi connectivity index (χ0) is 89.4. The summed E-state index contributed by atoms with van der Waals surface area (Å²) in [7, 11) is 2.25. The van der Waals surface area contributed by atoms with Crippen LogP contribution >= 0.6 is 0 Å². The molecule has 2 aliphatic rings. The first-order chi connectivity index (χ1) is 55.1. The van der Waals surface area contributed by atoms with Crippen molar-refractivity contribution in [2.45, 2.75) is 255 Å². The average molecular weight is 1670 g/mol. The number of nitrogens with two attached hydrogens (primary N) is 8. The Labute approximate surface area is 683 Å². The molecule has 44 nitrogen and oxygen atoms in total. The number of phenolic OH excluding ortho intramolecular Hbond substituents is 1. The molecule has 0 aromatic heterocycles. The normalized spacial score (nSPS) is 23.1. The summed E-state index contributed by atoms with van der Waals surface area (Å²) in [6.45, 7) is 12.2. The third-order valence-electron chi connectivity index (χ3n) is 20.2. The minimum absolute atomic E-state index is 0.100. The Kier molecular flexibility index (Phi) is 41.6. The molecule has 1 aromatic carbocycles. The predicted octanol–water partition coefficient (Wildman–Crippen LogP) is -7.94. The lowest BCUT2D eigenvalue weighted by atomic mass is 9.87. The van der Waals surface area contributed by atoms with Crippen LogP contribution in [0, 0.1) is 29.6 Å². The smallest absolute Gasteiger partial charge is 0.329 e. The number of guanidine groups is 2. The molecule has 2 saturated heterocycles. The Morgan fingerprint density at radius 1 is 0.610 bits per heavy atom. The highest BCUT2D eigenvalue weighted by Crippen LogP contribution is 2.28. The summed E-state index contributed by atoms with van der Waals surface area (Å²) in [5, 5.41) is 78.0. The standard InChI is InChI=1S/C74H123N21O23/c1-33(2)19-25-49(98)37(7)61(105)87-44(31-51(76)100)63(107)85-42(16-14-27-83-73(79)80)57(102)58(103)69(113)90-53(35(5)36(6)60(78)104)65(109)92-55-39(9)118-72(116)48-18-12-13-29-95(48)71(115)46(32-52(77)101)89-68(112)56(59(117-11)40-20-22-41(97)23-21-40)93-64(108)47(24-26-50(75)99)94(10)70(114)45(30-34(3)4)88-62(106)43(17-15-28-84-74(81)82)86-66(110)54(38(8)96)91-67(55)111/h20-23,33-39,42-49,53-59,96-98,102-103H,12-19,24-32H2,1-11H3,(H2,75,99)(H2,76,100)(H2,77,101)(H2,78,104)(H,85,107)(H,86,110)(H,87,105)(H,88,106)(H,89,112)(H,90,113)(H,91,111)(H,92,109)(H,93,108)(H4,79,80,83)(H4,81,82,84)/t35?,36-,37?,38?,39?,42+,43-,44?,45+,46-,47?,48?,49?,53?,54-,55?,56?,57?,58-,59-/m1/s1. The second-order valence-electron chi connectivity index (χ2n) is 30.6. The monoisotopic (exact) mass is 1670 g/mol. The fourth-order valence-electron chi connectivity index (χ4n) is 13.1. The first kappa shape index (κ1) is 101. The molecular formula is C74H123N21O23. The summed E-state index contributed by atoms with van der Waals surface area (Å²) in [5.74, 6) is -24.9. The molecule has 0 spiro atoms. The molecule has 1 aromatic rings. The quantitative estimate of drug-likeness (QED) is 0.0127. The highest BCUT2D eigenvalue weighted by molar-refractivity contribution is 6.01. The lowest BCUT2D eigenvalue weighted by molar-refractivity contribution is -0.164. The Morgan fingerprint density at radius 2 is 1.19 bits per heavy atom. The number of cyclic esters (lactones) is 1. The Bertz CT molecular complexity index is 3710. The zero-order valence-corrected chi connectivity index (χ0v) is 68.5. The third-order valence-corrected chi connectivity index (χ3v) is 20.2. The van der Waals surface area contributed by atoms with Crippen LogP contribution in [0.15, 0.2) is 34.3 Å². The number of likely N-dealkylation sites (N-methyl/N-ethyl adjacent to an activating group) is 1. The number of esters is 1. The Morgan fingerprint density at radius 3 is 1.75 bits per heavy atom. The summed E-state index contributed by atoms with van der Waals surface area (Å²) in [4.78, 5) is 239. The van der Waals surface area contributed by atoms with Crippen molar-refractivity contribution in [2.24, 2.45) is 85.4 Å². The van der Waals surface area contributed by atoms with Gasteiger partial charge >= 0.3 is 5.97 Å². The molecule has 0 radical (unpaired) electrons. The molecule has 0 saturated carbocycles. The van der Waals surface area contributed by atoms with Gasteiger partial charge in [0, 0.05) is 46.1 Å². The maximum atomic E-state index is 15.3. The summed E-state index contributed by atoms with van der Waals surface area (Å²) in [6, 6.07) is -16.1. The minimum Gasteiger partial charge on any atom is -0.508 e. The average Bonchev–Trinajstić information content (AvgIpc) is 0.827. The van der Waals surface area contributed by atoms with E-state index in [1.54, 1.807) is 13.8 Å². The topological polar surface area (TPSA) is 740 Å². The Hall–Kier alpha value is -11.1. The summed E-state index contributed by atoms with van der Waals surface area (Å²) in [6.07, 6.45) is -15.3. The molecule has 15 amide bonds. The number of methoxy groups -OCH3 is 1. The van der Waals surface area contributed by atoms with Gasteiger partial charge < -0.3 is 139 Å². The van der Waals surface area contributed by atoms with Gasteiger partial charge in [-0.3, -0.25) is 81.9 Å². The van der Waals surface area contributed by atoms with E-state index in [4.69, 9.17) is 55.3 Å². The van der Waals surface area contributed by atoms with Crippen molar-refractivity contribution < 1.29 is 112 Å². The number of amides is 15. The molecule has 118 heavy (non-hydrogen) atoms. The first-order valence-electron chi connectivity index (χ1n) is 38.9. The number of nitrogens with zero attached hydrogens (tertiary/aromatic N) is 4. The second-order valence-corrected chi connectivity index (χ2v) is 30.6. The fourth-order valence-corrected chi connectivity index (χ4v) is 13.1. The molecule has 0 aliphatic carbocycles. The zero-order valence-electron chi connectivity index (χ0n) is 68.5. The third kappa shape index (κ3) is 32.1. The number of aliphatic imine (C=N–C) groups is 2. The summed E-state index contributed by atoms with van der Waals surface area (Å²) in [5.41, 5.74) is 44.9. The number of primary amides is 4. The molecule has 12 unspecified atom stereocenters. The van der Waals surface area contributed by atoms with E-state index in [0.29, 0.717) is 6.42 Å². The summed E-state index contributed by atoms with van der Waals surface area (Å²) < 4.78 is 11.8. The molecular weight excluding hydrogens is 1550 g/mol. The number of aromatic hydroxyl groups is 1. The van der Waals surface area contributed by atoms with Crippen LogP contribution in [0.2, 0.25) is 0 Å². The van der Waals surface area contributed by atoms with E-state index in [1.807, 2.05) is 13.8 Å². The number of hydrogen-bond acceptors (Lipinski definition) is 25.